The molecule has 0 aromatic heterocycles. The van der Waals surface area contributed by atoms with Gasteiger partial charge in [0.05, 0.1) is 5.75 Å². The average Bonchev–Trinajstić information content (AvgIpc) is 2.74. The first-order valence-corrected chi connectivity index (χ1v) is 11.7. The fourth-order valence-electron chi connectivity index (χ4n) is 3.83. The average molecular weight is 447 g/mol. The molecule has 10 heteroatoms. The van der Waals surface area contributed by atoms with E-state index < -0.39 is 51.0 Å². The van der Waals surface area contributed by atoms with Crippen LogP contribution in [-0.4, -0.2) is 72.0 Å². The third-order valence-electron chi connectivity index (χ3n) is 5.22. The smallest absolute Gasteiger partial charge is 0.408 e. The van der Waals surface area contributed by atoms with Crippen LogP contribution in [0.5, 0.6) is 0 Å². The summed E-state index contributed by atoms with van der Waals surface area (Å²) in [5, 5.41) is 9.73. The molecule has 2 atom stereocenters. The van der Waals surface area contributed by atoms with Gasteiger partial charge in [0, 0.05) is 30.8 Å². The van der Waals surface area contributed by atoms with E-state index in [4.69, 9.17) is 0 Å². The number of amides is 2. The maximum atomic E-state index is 14.4. The van der Waals surface area contributed by atoms with Crippen LogP contribution in [0.25, 0.3) is 0 Å². The Balaban J connectivity index is 2.46. The number of carbonyl (C=O) groups is 2. The number of benzene rings is 1. The van der Waals surface area contributed by atoms with E-state index in [1.165, 1.54) is 17.0 Å². The molecular formula is C20H28F2N2O5S. The van der Waals surface area contributed by atoms with Crippen molar-refractivity contribution >= 4 is 21.8 Å². The Morgan fingerprint density at radius 2 is 1.90 bits per heavy atom. The maximum absolute atomic E-state index is 14.4. The predicted molar refractivity (Wildman–Crippen MR) is 108 cm³/mol. The van der Waals surface area contributed by atoms with Crippen molar-refractivity contribution in [2.75, 3.05) is 25.1 Å². The first kappa shape index (κ1) is 24.0. The number of halogens is 2. The van der Waals surface area contributed by atoms with Crippen LogP contribution in [0.2, 0.25) is 0 Å². The van der Waals surface area contributed by atoms with Gasteiger partial charge >= 0.3 is 6.09 Å². The lowest BCUT2D eigenvalue weighted by molar-refractivity contribution is -0.137. The van der Waals surface area contributed by atoms with Gasteiger partial charge in [-0.3, -0.25) is 9.69 Å². The third-order valence-corrected chi connectivity index (χ3v) is 6.14. The van der Waals surface area contributed by atoms with E-state index in [2.05, 4.69) is 0 Å². The van der Waals surface area contributed by atoms with Crippen molar-refractivity contribution in [2.24, 2.45) is 0 Å². The summed E-state index contributed by atoms with van der Waals surface area (Å²) in [5.74, 6) is -3.46. The molecule has 30 heavy (non-hydrogen) atoms. The van der Waals surface area contributed by atoms with Crippen molar-refractivity contribution in [3.8, 4) is 0 Å². The lowest BCUT2D eigenvalue weighted by Crippen LogP contribution is -2.57. The molecule has 1 heterocycles. The molecule has 0 aliphatic carbocycles. The summed E-state index contributed by atoms with van der Waals surface area (Å²) in [6, 6.07) is 2.75. The van der Waals surface area contributed by atoms with Crippen LogP contribution in [0.4, 0.5) is 13.6 Å². The summed E-state index contributed by atoms with van der Waals surface area (Å²) < 4.78 is 51.5. The Bertz CT molecular complexity index is 914. The van der Waals surface area contributed by atoms with Gasteiger partial charge in [-0.2, -0.15) is 0 Å². The van der Waals surface area contributed by atoms with E-state index in [9.17, 15) is 31.9 Å². The second-order valence-corrected chi connectivity index (χ2v) is 10.9. The number of rotatable bonds is 5. The molecule has 0 radical (unpaired) electrons. The number of nitrogens with zero attached hydrogens (tertiary/aromatic N) is 2. The van der Waals surface area contributed by atoms with Crippen molar-refractivity contribution in [1.82, 2.24) is 9.80 Å². The molecule has 1 aliphatic heterocycles. The number of carboxylic acid groups (broad SMARTS) is 1. The van der Waals surface area contributed by atoms with Gasteiger partial charge < -0.3 is 10.0 Å². The number of carbonyl (C=O) groups excluding carboxylic acids is 1. The van der Waals surface area contributed by atoms with E-state index in [0.717, 1.165) is 17.2 Å². The van der Waals surface area contributed by atoms with Gasteiger partial charge in [-0.25, -0.2) is 22.0 Å². The molecule has 0 saturated carbocycles. The molecule has 168 valence electrons. The lowest BCUT2D eigenvalue weighted by atomic mass is 9.92. The number of sulfone groups is 1. The molecular weight excluding hydrogens is 418 g/mol. The fourth-order valence-corrected chi connectivity index (χ4v) is 4.39. The Kier molecular flexibility index (Phi) is 7.11. The first-order chi connectivity index (χ1) is 13.7. The third kappa shape index (κ3) is 5.68. The molecule has 2 rings (SSSR count). The van der Waals surface area contributed by atoms with E-state index in [-0.39, 0.29) is 37.2 Å². The second-order valence-electron chi connectivity index (χ2n) is 8.67. The molecule has 0 bridgehead atoms. The zero-order valence-electron chi connectivity index (χ0n) is 17.6. The van der Waals surface area contributed by atoms with E-state index in [1.54, 1.807) is 20.8 Å². The van der Waals surface area contributed by atoms with Gasteiger partial charge in [0.1, 0.15) is 15.9 Å². The molecule has 7 nitrogen and oxygen atoms in total. The van der Waals surface area contributed by atoms with Crippen molar-refractivity contribution in [2.45, 2.75) is 51.1 Å². The second kappa shape index (κ2) is 8.87. The minimum atomic E-state index is -3.40. The Morgan fingerprint density at radius 1 is 1.27 bits per heavy atom. The normalized spacial score (nSPS) is 20.7. The van der Waals surface area contributed by atoms with Gasteiger partial charge in [-0.15, -0.1) is 0 Å². The predicted octanol–water partition coefficient (Wildman–Crippen LogP) is 2.86. The maximum Gasteiger partial charge on any atom is 0.408 e. The Morgan fingerprint density at radius 3 is 2.43 bits per heavy atom. The van der Waals surface area contributed by atoms with Crippen LogP contribution in [0.3, 0.4) is 0 Å². The molecule has 2 amide bonds. The quantitative estimate of drug-likeness (QED) is 0.751. The van der Waals surface area contributed by atoms with Gasteiger partial charge in [-0.1, -0.05) is 12.1 Å². The molecule has 1 aliphatic rings. The molecule has 0 spiro atoms. The highest BCUT2D eigenvalue weighted by molar-refractivity contribution is 7.90. The monoisotopic (exact) mass is 446 g/mol. The molecule has 1 saturated heterocycles. The molecule has 1 aromatic carbocycles. The van der Waals surface area contributed by atoms with E-state index in [0.29, 0.717) is 0 Å². The SMILES string of the molecule is CC(C)(C)N(C(=O)O)[C@@H]1CC[C@@H](c2cccc(F)c2F)CN(CCS(C)(=O)=O)C1=O. The Labute approximate surface area is 175 Å². The minimum absolute atomic E-state index is 0.0250. The summed E-state index contributed by atoms with van der Waals surface area (Å²) in [7, 11) is -3.40. The van der Waals surface area contributed by atoms with Crippen LogP contribution in [-0.2, 0) is 14.6 Å². The molecule has 1 N–H and O–H groups in total. The van der Waals surface area contributed by atoms with Crippen molar-refractivity contribution < 1.29 is 31.9 Å². The highest BCUT2D eigenvalue weighted by Crippen LogP contribution is 2.33. The fraction of sp³-hybridized carbons (Fsp3) is 0.600. The lowest BCUT2D eigenvalue weighted by Gasteiger charge is -2.39. The summed E-state index contributed by atoms with van der Waals surface area (Å²) in [6.45, 7) is 4.79. The minimum Gasteiger partial charge on any atom is -0.465 e. The van der Waals surface area contributed by atoms with Crippen molar-refractivity contribution in [1.29, 1.82) is 0 Å². The molecule has 1 aromatic rings. The van der Waals surface area contributed by atoms with Crippen LogP contribution >= 0.6 is 0 Å². The summed E-state index contributed by atoms with van der Waals surface area (Å²) >= 11 is 0. The summed E-state index contributed by atoms with van der Waals surface area (Å²) in [6.07, 6.45) is 0.110. The number of likely N-dealkylation sites (tertiary alicyclic amines) is 1. The van der Waals surface area contributed by atoms with E-state index in [1.807, 2.05) is 0 Å². The summed E-state index contributed by atoms with van der Waals surface area (Å²) in [4.78, 5) is 27.5. The highest BCUT2D eigenvalue weighted by atomic mass is 32.2. The van der Waals surface area contributed by atoms with Gasteiger partial charge in [0.25, 0.3) is 0 Å². The van der Waals surface area contributed by atoms with Crippen molar-refractivity contribution in [3.63, 3.8) is 0 Å². The zero-order chi connectivity index (χ0) is 22.9. The highest BCUT2D eigenvalue weighted by Gasteiger charge is 2.42. The largest absolute Gasteiger partial charge is 0.465 e. The van der Waals surface area contributed by atoms with E-state index >= 15 is 0 Å². The van der Waals surface area contributed by atoms with Gasteiger partial charge in [-0.05, 0) is 45.2 Å². The number of hydrogen-bond donors (Lipinski definition) is 1. The zero-order valence-corrected chi connectivity index (χ0v) is 18.4. The standard InChI is InChI=1S/C20H28F2N2O5S/c1-20(2,3)24(19(26)27)16-9-8-13(14-6-5-7-15(21)17(14)22)12-23(18(16)25)10-11-30(4,28)29/h5-7,13,16H,8-12H2,1-4H3,(H,26,27)/t13-,16-/m1/s1. The Hall–Kier alpha value is -2.23. The van der Waals surface area contributed by atoms with Gasteiger partial charge in [0.2, 0.25) is 5.91 Å². The van der Waals surface area contributed by atoms with Gasteiger partial charge in [0.15, 0.2) is 11.6 Å². The topological polar surface area (TPSA) is 95.0 Å². The number of hydrogen-bond acceptors (Lipinski definition) is 4. The summed E-state index contributed by atoms with van der Waals surface area (Å²) in [5.41, 5.74) is -0.802. The van der Waals surface area contributed by atoms with Crippen LogP contribution in [0.15, 0.2) is 18.2 Å². The van der Waals surface area contributed by atoms with Crippen LogP contribution in [0.1, 0.15) is 45.1 Å². The first-order valence-electron chi connectivity index (χ1n) is 9.65. The molecule has 1 fully saturated rings. The molecule has 0 unspecified atom stereocenters. The van der Waals surface area contributed by atoms with Crippen molar-refractivity contribution in [3.05, 3.63) is 35.4 Å². The van der Waals surface area contributed by atoms with Crippen LogP contribution < -0.4 is 0 Å². The van der Waals surface area contributed by atoms with Crippen LogP contribution in [0, 0.1) is 11.6 Å².